The highest BCUT2D eigenvalue weighted by atomic mass is 16.1. The minimum atomic E-state index is -0.272. The Morgan fingerprint density at radius 1 is 1.09 bits per heavy atom. The van der Waals surface area contributed by atoms with Crippen LogP contribution in [-0.4, -0.2) is 45.0 Å². The molecule has 170 valence electrons. The Morgan fingerprint density at radius 3 is 2.82 bits per heavy atom. The molecule has 0 aliphatic carbocycles. The number of amides is 1. The van der Waals surface area contributed by atoms with Crippen LogP contribution >= 0.6 is 0 Å². The molecule has 1 amide bonds. The van der Waals surface area contributed by atoms with Gasteiger partial charge in [-0.1, -0.05) is 18.7 Å². The first-order valence-electron chi connectivity index (χ1n) is 11.0. The molecular formula is C25H24N8O. The van der Waals surface area contributed by atoms with Crippen molar-refractivity contribution in [3.63, 3.8) is 0 Å². The molecule has 0 saturated carbocycles. The number of benzene rings is 1. The van der Waals surface area contributed by atoms with Gasteiger partial charge in [-0.05, 0) is 49.4 Å². The van der Waals surface area contributed by atoms with Crippen molar-refractivity contribution in [2.24, 2.45) is 0 Å². The maximum absolute atomic E-state index is 11.7. The van der Waals surface area contributed by atoms with Crippen LogP contribution in [0.15, 0.2) is 73.7 Å². The predicted molar refractivity (Wildman–Crippen MR) is 134 cm³/mol. The second kappa shape index (κ2) is 9.63. The van der Waals surface area contributed by atoms with Crippen molar-refractivity contribution in [1.82, 2.24) is 25.3 Å². The zero-order valence-corrected chi connectivity index (χ0v) is 18.5. The van der Waals surface area contributed by atoms with Crippen LogP contribution in [-0.2, 0) is 4.79 Å². The van der Waals surface area contributed by atoms with Crippen LogP contribution in [0.2, 0.25) is 0 Å². The number of aromatic nitrogens is 4. The van der Waals surface area contributed by atoms with Gasteiger partial charge in [0.05, 0.1) is 17.6 Å². The zero-order chi connectivity index (χ0) is 23.3. The molecule has 34 heavy (non-hydrogen) atoms. The number of carbonyl (C=O) groups excluding carboxylic acids is 1. The van der Waals surface area contributed by atoms with Gasteiger partial charge in [-0.3, -0.25) is 9.78 Å². The van der Waals surface area contributed by atoms with Gasteiger partial charge in [-0.15, -0.1) is 0 Å². The molecule has 1 aliphatic rings. The molecule has 0 unspecified atom stereocenters. The molecule has 4 aromatic rings. The average molecular weight is 453 g/mol. The Kier molecular flexibility index (Phi) is 6.09. The van der Waals surface area contributed by atoms with Gasteiger partial charge in [0.1, 0.15) is 11.3 Å². The molecule has 3 aromatic heterocycles. The van der Waals surface area contributed by atoms with Crippen LogP contribution in [0.5, 0.6) is 0 Å². The second-order valence-corrected chi connectivity index (χ2v) is 7.96. The fourth-order valence-corrected chi connectivity index (χ4v) is 3.83. The van der Waals surface area contributed by atoms with E-state index in [1.54, 1.807) is 18.6 Å². The first-order valence-corrected chi connectivity index (χ1v) is 11.0. The molecule has 4 N–H and O–H groups in total. The van der Waals surface area contributed by atoms with E-state index in [4.69, 9.17) is 4.98 Å². The van der Waals surface area contributed by atoms with E-state index in [-0.39, 0.29) is 5.91 Å². The summed E-state index contributed by atoms with van der Waals surface area (Å²) < 4.78 is 0. The summed E-state index contributed by atoms with van der Waals surface area (Å²) in [5.41, 5.74) is 3.67. The van der Waals surface area contributed by atoms with Crippen molar-refractivity contribution in [2.45, 2.75) is 12.5 Å². The Bertz CT molecular complexity index is 1330. The summed E-state index contributed by atoms with van der Waals surface area (Å²) in [7, 11) is 0. The lowest BCUT2D eigenvalue weighted by molar-refractivity contribution is -0.111. The van der Waals surface area contributed by atoms with Gasteiger partial charge < -0.3 is 21.3 Å². The summed E-state index contributed by atoms with van der Waals surface area (Å²) in [6.07, 6.45) is 7.56. The molecule has 1 fully saturated rings. The normalized spacial score (nSPS) is 15.1. The van der Waals surface area contributed by atoms with Gasteiger partial charge in [0.2, 0.25) is 11.9 Å². The minimum absolute atomic E-state index is 0.272. The highest BCUT2D eigenvalue weighted by Gasteiger charge is 2.14. The number of nitrogens with one attached hydrogen (secondary N) is 4. The Hall–Kier alpha value is -4.37. The molecule has 9 heteroatoms. The Morgan fingerprint density at radius 2 is 2.03 bits per heavy atom. The van der Waals surface area contributed by atoms with E-state index < -0.39 is 0 Å². The molecule has 0 radical (unpaired) electrons. The SMILES string of the molecule is C=CC(=O)Nc1cccc(-c2nccc3cnc(Nc4ccc(N[C@H]5CCNC5)nc4)nc23)c1. The third kappa shape index (κ3) is 4.84. The van der Waals surface area contributed by atoms with Crippen molar-refractivity contribution < 1.29 is 4.79 Å². The number of hydrogen-bond acceptors (Lipinski definition) is 8. The lowest BCUT2D eigenvalue weighted by Crippen LogP contribution is -2.22. The number of pyridine rings is 2. The number of fused-ring (bicyclic) bond motifs is 1. The van der Waals surface area contributed by atoms with Gasteiger partial charge in [0.25, 0.3) is 0 Å². The minimum Gasteiger partial charge on any atom is -0.366 e. The molecule has 4 heterocycles. The van der Waals surface area contributed by atoms with E-state index in [2.05, 4.69) is 42.8 Å². The van der Waals surface area contributed by atoms with Crippen molar-refractivity contribution in [2.75, 3.05) is 29.0 Å². The second-order valence-electron chi connectivity index (χ2n) is 7.96. The van der Waals surface area contributed by atoms with Crippen LogP contribution < -0.4 is 21.3 Å². The first-order chi connectivity index (χ1) is 16.7. The van der Waals surface area contributed by atoms with E-state index in [0.29, 0.717) is 28.9 Å². The summed E-state index contributed by atoms with van der Waals surface area (Å²) in [5, 5.41) is 13.6. The Balaban J connectivity index is 1.39. The van der Waals surface area contributed by atoms with E-state index in [9.17, 15) is 4.79 Å². The molecule has 1 saturated heterocycles. The Labute approximate surface area is 196 Å². The quantitative estimate of drug-likeness (QED) is 0.314. The van der Waals surface area contributed by atoms with E-state index in [1.807, 2.05) is 42.5 Å². The van der Waals surface area contributed by atoms with Crippen LogP contribution in [0, 0.1) is 0 Å². The molecular weight excluding hydrogens is 428 g/mol. The van der Waals surface area contributed by atoms with Crippen molar-refractivity contribution >= 4 is 40.0 Å². The van der Waals surface area contributed by atoms with E-state index in [0.717, 1.165) is 42.0 Å². The first kappa shape index (κ1) is 21.5. The van der Waals surface area contributed by atoms with Gasteiger partial charge >= 0.3 is 0 Å². The van der Waals surface area contributed by atoms with E-state index in [1.165, 1.54) is 6.08 Å². The van der Waals surface area contributed by atoms with Crippen LogP contribution in [0.4, 0.5) is 23.1 Å². The summed E-state index contributed by atoms with van der Waals surface area (Å²) in [6, 6.07) is 13.6. The molecule has 5 rings (SSSR count). The molecule has 9 nitrogen and oxygen atoms in total. The summed E-state index contributed by atoms with van der Waals surface area (Å²) >= 11 is 0. The number of nitrogens with zero attached hydrogens (tertiary/aromatic N) is 4. The monoisotopic (exact) mass is 452 g/mol. The van der Waals surface area contributed by atoms with Crippen LogP contribution in [0.3, 0.4) is 0 Å². The van der Waals surface area contributed by atoms with Crippen molar-refractivity contribution in [3.05, 3.63) is 73.7 Å². The lowest BCUT2D eigenvalue weighted by atomic mass is 10.1. The molecule has 0 bridgehead atoms. The maximum Gasteiger partial charge on any atom is 0.247 e. The number of carbonyl (C=O) groups is 1. The van der Waals surface area contributed by atoms with Crippen molar-refractivity contribution in [1.29, 1.82) is 0 Å². The number of anilines is 4. The van der Waals surface area contributed by atoms with Crippen LogP contribution in [0.25, 0.3) is 22.2 Å². The highest BCUT2D eigenvalue weighted by molar-refractivity contribution is 5.99. The van der Waals surface area contributed by atoms with Gasteiger partial charge in [0, 0.05) is 41.6 Å². The van der Waals surface area contributed by atoms with E-state index >= 15 is 0 Å². The van der Waals surface area contributed by atoms with Crippen molar-refractivity contribution in [3.8, 4) is 11.3 Å². The third-order valence-corrected chi connectivity index (χ3v) is 5.52. The standard InChI is InChI=1S/C25H24N8O/c1-2-22(34)31-18-5-3-4-16(12-18)23-24-17(8-11-27-23)13-29-25(33-24)32-19-6-7-21(28-15-19)30-20-9-10-26-14-20/h2-8,11-13,15,20,26H,1,9-10,14H2,(H,28,30)(H,31,34)(H,29,32,33)/t20-/m0/s1. The van der Waals surface area contributed by atoms with Gasteiger partial charge in [-0.25, -0.2) is 15.0 Å². The summed E-state index contributed by atoms with van der Waals surface area (Å²) in [4.78, 5) is 29.9. The topological polar surface area (TPSA) is 117 Å². The number of rotatable bonds is 7. The largest absolute Gasteiger partial charge is 0.366 e. The number of hydrogen-bond donors (Lipinski definition) is 4. The fourth-order valence-electron chi connectivity index (χ4n) is 3.83. The molecule has 1 aliphatic heterocycles. The predicted octanol–water partition coefficient (Wildman–Crippen LogP) is 3.73. The molecule has 0 spiro atoms. The summed E-state index contributed by atoms with van der Waals surface area (Å²) in [5.74, 6) is 1.01. The average Bonchev–Trinajstić information content (AvgIpc) is 3.38. The van der Waals surface area contributed by atoms with Gasteiger partial charge in [-0.2, -0.15) is 0 Å². The fraction of sp³-hybridized carbons (Fsp3) is 0.160. The van der Waals surface area contributed by atoms with Gasteiger partial charge in [0.15, 0.2) is 0 Å². The third-order valence-electron chi connectivity index (χ3n) is 5.52. The molecule has 1 aromatic carbocycles. The molecule has 1 atom stereocenters. The maximum atomic E-state index is 11.7. The van der Waals surface area contributed by atoms with Crippen LogP contribution in [0.1, 0.15) is 6.42 Å². The zero-order valence-electron chi connectivity index (χ0n) is 18.5. The highest BCUT2D eigenvalue weighted by Crippen LogP contribution is 2.28. The smallest absolute Gasteiger partial charge is 0.247 e. The summed E-state index contributed by atoms with van der Waals surface area (Å²) in [6.45, 7) is 5.47. The lowest BCUT2D eigenvalue weighted by Gasteiger charge is -2.12.